The van der Waals surface area contributed by atoms with E-state index in [1.54, 1.807) is 7.11 Å². The lowest BCUT2D eigenvalue weighted by Crippen LogP contribution is -2.19. The van der Waals surface area contributed by atoms with Crippen LogP contribution in [0.5, 0.6) is 11.5 Å². The van der Waals surface area contributed by atoms with Crippen LogP contribution >= 0.6 is 36.4 Å². The molecule has 0 saturated heterocycles. The maximum Gasteiger partial charge on any atom is 0.179 e. The van der Waals surface area contributed by atoms with Crippen LogP contribution in [-0.4, -0.2) is 33.9 Å². The van der Waals surface area contributed by atoms with Crippen LogP contribution < -0.4 is 20.1 Å². The van der Waals surface area contributed by atoms with Gasteiger partial charge in [0.2, 0.25) is 0 Å². The summed E-state index contributed by atoms with van der Waals surface area (Å²) in [7, 11) is 3.55. The van der Waals surface area contributed by atoms with E-state index in [-0.39, 0.29) is 24.8 Å². The van der Waals surface area contributed by atoms with Gasteiger partial charge in [0.25, 0.3) is 0 Å². The average Bonchev–Trinajstić information content (AvgIpc) is 2.39. The smallest absolute Gasteiger partial charge is 0.179 e. The number of benzene rings is 1. The van der Waals surface area contributed by atoms with E-state index in [0.717, 1.165) is 31.6 Å². The summed E-state index contributed by atoms with van der Waals surface area (Å²) in [6.45, 7) is 5.28. The summed E-state index contributed by atoms with van der Waals surface area (Å²) in [5.41, 5.74) is 1.10. The molecule has 1 rings (SSSR count). The minimum absolute atomic E-state index is 0. The number of halogens is 3. The molecule has 0 heterocycles. The van der Waals surface area contributed by atoms with Crippen LogP contribution in [0.2, 0.25) is 5.02 Å². The van der Waals surface area contributed by atoms with Crippen molar-refractivity contribution >= 4 is 36.4 Å². The van der Waals surface area contributed by atoms with E-state index in [9.17, 15) is 0 Å². The highest BCUT2D eigenvalue weighted by Crippen LogP contribution is 2.36. The van der Waals surface area contributed by atoms with Crippen LogP contribution in [0.4, 0.5) is 0 Å². The van der Waals surface area contributed by atoms with Crippen molar-refractivity contribution in [2.75, 3.05) is 33.9 Å². The van der Waals surface area contributed by atoms with Crippen LogP contribution in [0.3, 0.4) is 0 Å². The van der Waals surface area contributed by atoms with Gasteiger partial charge in [-0.05, 0) is 51.2 Å². The number of hydrogen-bond acceptors (Lipinski definition) is 4. The molecule has 1 aromatic rings. The third kappa shape index (κ3) is 7.98. The molecular formula is C14H25Cl3N2O2. The highest BCUT2D eigenvalue weighted by atomic mass is 35.5. The highest BCUT2D eigenvalue weighted by Gasteiger charge is 2.11. The van der Waals surface area contributed by atoms with Crippen LogP contribution in [0, 0.1) is 0 Å². The van der Waals surface area contributed by atoms with Crippen molar-refractivity contribution < 1.29 is 9.47 Å². The highest BCUT2D eigenvalue weighted by molar-refractivity contribution is 6.32. The quantitative estimate of drug-likeness (QED) is 0.664. The summed E-state index contributed by atoms with van der Waals surface area (Å²) in [6.07, 6.45) is 1.10. The Kier molecular flexibility index (Phi) is 14.5. The molecule has 0 fully saturated rings. The number of methoxy groups -OCH3 is 1. The van der Waals surface area contributed by atoms with E-state index in [1.165, 1.54) is 0 Å². The Morgan fingerprint density at radius 2 is 1.90 bits per heavy atom. The summed E-state index contributed by atoms with van der Waals surface area (Å²) in [6, 6.07) is 3.88. The van der Waals surface area contributed by atoms with Gasteiger partial charge in [0.05, 0.1) is 18.7 Å². The minimum Gasteiger partial charge on any atom is -0.491 e. The van der Waals surface area contributed by atoms with Gasteiger partial charge in [0, 0.05) is 6.54 Å². The lowest BCUT2D eigenvalue weighted by atomic mass is 10.2. The lowest BCUT2D eigenvalue weighted by molar-refractivity contribution is 0.310. The largest absolute Gasteiger partial charge is 0.491 e. The summed E-state index contributed by atoms with van der Waals surface area (Å²) in [5, 5.41) is 7.08. The molecule has 0 aliphatic carbocycles. The van der Waals surface area contributed by atoms with Crippen molar-refractivity contribution in [1.82, 2.24) is 10.6 Å². The summed E-state index contributed by atoms with van der Waals surface area (Å²) < 4.78 is 10.8. The molecule has 1 aromatic carbocycles. The number of nitrogens with one attached hydrogen (secondary N) is 2. The van der Waals surface area contributed by atoms with Crippen LogP contribution in [0.1, 0.15) is 18.9 Å². The van der Waals surface area contributed by atoms with E-state index in [0.29, 0.717) is 23.1 Å². The molecular weight excluding hydrogens is 335 g/mol. The molecule has 0 radical (unpaired) electrons. The Bertz CT molecular complexity index is 393. The zero-order valence-corrected chi connectivity index (χ0v) is 15.1. The van der Waals surface area contributed by atoms with Crippen LogP contribution in [0.15, 0.2) is 12.1 Å². The predicted molar refractivity (Wildman–Crippen MR) is 93.9 cm³/mol. The molecule has 0 aliphatic rings. The summed E-state index contributed by atoms with van der Waals surface area (Å²) in [4.78, 5) is 0. The molecule has 0 unspecified atom stereocenters. The predicted octanol–water partition coefficient (Wildman–Crippen LogP) is 3.29. The van der Waals surface area contributed by atoms with Gasteiger partial charge < -0.3 is 20.1 Å². The van der Waals surface area contributed by atoms with Gasteiger partial charge in [-0.3, -0.25) is 0 Å². The van der Waals surface area contributed by atoms with Crippen LogP contribution in [-0.2, 0) is 6.54 Å². The first kappa shape index (κ1) is 22.9. The van der Waals surface area contributed by atoms with Gasteiger partial charge in [-0.25, -0.2) is 0 Å². The summed E-state index contributed by atoms with van der Waals surface area (Å²) in [5.74, 6) is 1.30. The normalized spacial score (nSPS) is 9.52. The first-order valence-electron chi connectivity index (χ1n) is 6.57. The van der Waals surface area contributed by atoms with Crippen molar-refractivity contribution in [3.05, 3.63) is 22.7 Å². The Morgan fingerprint density at radius 1 is 1.19 bits per heavy atom. The van der Waals surface area contributed by atoms with Crippen molar-refractivity contribution in [2.24, 2.45) is 0 Å². The Balaban J connectivity index is 0. The molecule has 21 heavy (non-hydrogen) atoms. The maximum absolute atomic E-state index is 6.19. The van der Waals surface area contributed by atoms with Gasteiger partial charge in [0.15, 0.2) is 11.5 Å². The molecule has 0 spiro atoms. The second-order valence-electron chi connectivity index (χ2n) is 4.18. The molecule has 0 bridgehead atoms. The minimum atomic E-state index is 0. The lowest BCUT2D eigenvalue weighted by Gasteiger charge is -2.13. The molecule has 2 N–H and O–H groups in total. The van der Waals surface area contributed by atoms with E-state index < -0.39 is 0 Å². The van der Waals surface area contributed by atoms with Crippen molar-refractivity contribution in [2.45, 2.75) is 19.9 Å². The van der Waals surface area contributed by atoms with E-state index in [4.69, 9.17) is 21.1 Å². The average molecular weight is 360 g/mol. The zero-order valence-electron chi connectivity index (χ0n) is 12.7. The standard InChI is InChI=1S/C14H23ClN2O2.2ClH/c1-4-19-13-9-11(8-12(15)14(13)18-3)10-17-7-5-6-16-2;;/h8-9,16-17H,4-7,10H2,1-3H3;2*1H. The molecule has 124 valence electrons. The molecule has 0 saturated carbocycles. The SMILES string of the molecule is CCOc1cc(CNCCCNC)cc(Cl)c1OC.Cl.Cl. The monoisotopic (exact) mass is 358 g/mol. The molecule has 7 heteroatoms. The van der Waals surface area contributed by atoms with Crippen molar-refractivity contribution in [3.63, 3.8) is 0 Å². The van der Waals surface area contributed by atoms with Gasteiger partial charge in [-0.15, -0.1) is 24.8 Å². The second-order valence-corrected chi connectivity index (χ2v) is 4.58. The fraction of sp³-hybridized carbons (Fsp3) is 0.571. The molecule has 0 atom stereocenters. The maximum atomic E-state index is 6.19. The number of ether oxygens (including phenoxy) is 2. The third-order valence-electron chi connectivity index (χ3n) is 2.68. The fourth-order valence-corrected chi connectivity index (χ4v) is 2.12. The van der Waals surface area contributed by atoms with E-state index in [1.807, 2.05) is 26.1 Å². The van der Waals surface area contributed by atoms with Crippen molar-refractivity contribution in [3.8, 4) is 11.5 Å². The molecule has 0 aliphatic heterocycles. The first-order valence-corrected chi connectivity index (χ1v) is 6.95. The Morgan fingerprint density at radius 3 is 2.48 bits per heavy atom. The molecule has 4 nitrogen and oxygen atoms in total. The van der Waals surface area contributed by atoms with Crippen LogP contribution in [0.25, 0.3) is 0 Å². The fourth-order valence-electron chi connectivity index (χ4n) is 1.81. The first-order chi connectivity index (χ1) is 9.22. The Labute approximate surface area is 144 Å². The Hall–Kier alpha value is -0.390. The second kappa shape index (κ2) is 13.3. The third-order valence-corrected chi connectivity index (χ3v) is 2.96. The molecule has 0 amide bonds. The topological polar surface area (TPSA) is 42.5 Å². The number of rotatable bonds is 9. The van der Waals surface area contributed by atoms with E-state index in [2.05, 4.69) is 10.6 Å². The van der Waals surface area contributed by atoms with Gasteiger partial charge in [0.1, 0.15) is 0 Å². The van der Waals surface area contributed by atoms with Gasteiger partial charge in [-0.1, -0.05) is 11.6 Å². The number of hydrogen-bond donors (Lipinski definition) is 2. The van der Waals surface area contributed by atoms with Crippen molar-refractivity contribution in [1.29, 1.82) is 0 Å². The van der Waals surface area contributed by atoms with E-state index >= 15 is 0 Å². The summed E-state index contributed by atoms with van der Waals surface area (Å²) >= 11 is 6.19. The van der Waals surface area contributed by atoms with Gasteiger partial charge >= 0.3 is 0 Å². The van der Waals surface area contributed by atoms with Gasteiger partial charge in [-0.2, -0.15) is 0 Å². The zero-order chi connectivity index (χ0) is 14.1. The molecule has 0 aromatic heterocycles.